The van der Waals surface area contributed by atoms with Crippen LogP contribution in [0.2, 0.25) is 0 Å². The van der Waals surface area contributed by atoms with Crippen LogP contribution in [0, 0.1) is 0 Å². The topological polar surface area (TPSA) is 72.7 Å². The zero-order valence-electron chi connectivity index (χ0n) is 14.3. The number of pyridine rings is 2. The lowest BCUT2D eigenvalue weighted by Gasteiger charge is -2.12. The minimum atomic E-state index is -0.0736. The first-order valence-electron chi connectivity index (χ1n) is 8.39. The van der Waals surface area contributed by atoms with Gasteiger partial charge in [-0.25, -0.2) is 4.98 Å². The van der Waals surface area contributed by atoms with Gasteiger partial charge in [0.1, 0.15) is 5.65 Å². The fourth-order valence-corrected chi connectivity index (χ4v) is 2.90. The Morgan fingerprint density at radius 3 is 2.58 bits per heavy atom. The number of aromatic nitrogens is 4. The quantitative estimate of drug-likeness (QED) is 0.613. The highest BCUT2D eigenvalue weighted by atomic mass is 16.1. The van der Waals surface area contributed by atoms with Gasteiger partial charge in [-0.1, -0.05) is 18.2 Å². The summed E-state index contributed by atoms with van der Waals surface area (Å²) in [6, 6.07) is 15.2. The van der Waals surface area contributed by atoms with Gasteiger partial charge < -0.3 is 5.32 Å². The predicted octanol–water partition coefficient (Wildman–Crippen LogP) is 3.62. The van der Waals surface area contributed by atoms with Crippen LogP contribution in [0.15, 0.2) is 71.9 Å². The Bertz CT molecular complexity index is 1110. The second-order valence-corrected chi connectivity index (χ2v) is 5.81. The molecule has 0 aliphatic heterocycles. The van der Waals surface area contributed by atoms with Gasteiger partial charge in [0.05, 0.1) is 0 Å². The molecule has 4 aromatic rings. The largest absolute Gasteiger partial charge is 0.324 e. The summed E-state index contributed by atoms with van der Waals surface area (Å²) in [4.78, 5) is 25.9. The van der Waals surface area contributed by atoms with Crippen LogP contribution in [-0.4, -0.2) is 19.5 Å². The Morgan fingerprint density at radius 1 is 1.08 bits per heavy atom. The van der Waals surface area contributed by atoms with Gasteiger partial charge >= 0.3 is 0 Å². The minimum absolute atomic E-state index is 0.0736. The van der Waals surface area contributed by atoms with E-state index in [2.05, 4.69) is 20.3 Å². The lowest BCUT2D eigenvalue weighted by Crippen LogP contribution is -2.22. The van der Waals surface area contributed by atoms with E-state index in [-0.39, 0.29) is 5.56 Å². The van der Waals surface area contributed by atoms with Crippen LogP contribution >= 0.6 is 0 Å². The molecule has 0 aliphatic rings. The van der Waals surface area contributed by atoms with Crippen LogP contribution in [0.4, 0.5) is 11.6 Å². The van der Waals surface area contributed by atoms with Gasteiger partial charge in [-0.3, -0.25) is 14.3 Å². The van der Waals surface area contributed by atoms with Gasteiger partial charge in [0.15, 0.2) is 0 Å². The zero-order valence-corrected chi connectivity index (χ0v) is 14.3. The summed E-state index contributed by atoms with van der Waals surface area (Å²) >= 11 is 0. The van der Waals surface area contributed by atoms with Crippen molar-refractivity contribution < 1.29 is 0 Å². The number of aryl methyl sites for hydroxylation is 1. The SMILES string of the molecule is CCn1c(=O)c(-c2ccncc2)cc2cnc(Nc3ccccc3)nc21. The molecule has 128 valence electrons. The van der Waals surface area contributed by atoms with Gasteiger partial charge in [0.25, 0.3) is 5.56 Å². The van der Waals surface area contributed by atoms with Crippen LogP contribution in [0.3, 0.4) is 0 Å². The standard InChI is InChI=1S/C20H17N5O/c1-2-25-18-15(12-17(19(25)26)14-8-10-21-11-9-14)13-22-20(24-18)23-16-6-4-3-5-7-16/h3-13H,2H2,1H3,(H,22,23,24). The number of anilines is 2. The Hall–Kier alpha value is -3.54. The van der Waals surface area contributed by atoms with E-state index in [0.29, 0.717) is 23.7 Å². The van der Waals surface area contributed by atoms with Crippen molar-refractivity contribution in [1.29, 1.82) is 0 Å². The number of nitrogens with one attached hydrogen (secondary N) is 1. The first-order valence-corrected chi connectivity index (χ1v) is 8.39. The lowest BCUT2D eigenvalue weighted by atomic mass is 10.1. The van der Waals surface area contributed by atoms with E-state index in [4.69, 9.17) is 0 Å². The maximum absolute atomic E-state index is 12.9. The average molecular weight is 343 g/mol. The summed E-state index contributed by atoms with van der Waals surface area (Å²) in [5.41, 5.74) is 2.89. The third kappa shape index (κ3) is 2.93. The monoisotopic (exact) mass is 343 g/mol. The Kier molecular flexibility index (Phi) is 4.15. The summed E-state index contributed by atoms with van der Waals surface area (Å²) in [7, 11) is 0. The Balaban J connectivity index is 1.85. The molecule has 6 nitrogen and oxygen atoms in total. The van der Waals surface area contributed by atoms with Gasteiger partial charge in [-0.05, 0) is 42.8 Å². The normalized spacial score (nSPS) is 10.8. The number of para-hydroxylation sites is 1. The maximum atomic E-state index is 12.9. The van der Waals surface area contributed by atoms with E-state index in [1.165, 1.54) is 0 Å². The van der Waals surface area contributed by atoms with E-state index in [9.17, 15) is 4.79 Å². The predicted molar refractivity (Wildman–Crippen MR) is 102 cm³/mol. The van der Waals surface area contributed by atoms with Crippen molar-refractivity contribution in [1.82, 2.24) is 19.5 Å². The molecular weight excluding hydrogens is 326 g/mol. The molecule has 0 spiro atoms. The second kappa shape index (κ2) is 6.76. The number of hydrogen-bond donors (Lipinski definition) is 1. The molecule has 0 bridgehead atoms. The van der Waals surface area contributed by atoms with Crippen molar-refractivity contribution in [3.8, 4) is 11.1 Å². The summed E-state index contributed by atoms with van der Waals surface area (Å²) in [6.45, 7) is 2.46. The third-order valence-electron chi connectivity index (χ3n) is 4.16. The Morgan fingerprint density at radius 2 is 1.85 bits per heavy atom. The molecule has 0 radical (unpaired) electrons. The fourth-order valence-electron chi connectivity index (χ4n) is 2.90. The number of hydrogen-bond acceptors (Lipinski definition) is 5. The van der Waals surface area contributed by atoms with E-state index in [0.717, 1.165) is 16.6 Å². The van der Waals surface area contributed by atoms with Crippen molar-refractivity contribution in [2.75, 3.05) is 5.32 Å². The molecule has 0 amide bonds. The van der Waals surface area contributed by atoms with Crippen molar-refractivity contribution in [2.45, 2.75) is 13.5 Å². The van der Waals surface area contributed by atoms with Crippen molar-refractivity contribution >= 4 is 22.7 Å². The second-order valence-electron chi connectivity index (χ2n) is 5.81. The molecule has 1 N–H and O–H groups in total. The van der Waals surface area contributed by atoms with Crippen molar-refractivity contribution in [3.63, 3.8) is 0 Å². The third-order valence-corrected chi connectivity index (χ3v) is 4.16. The molecule has 3 heterocycles. The highest BCUT2D eigenvalue weighted by molar-refractivity contribution is 5.81. The summed E-state index contributed by atoms with van der Waals surface area (Å²) in [6.07, 6.45) is 5.10. The highest BCUT2D eigenvalue weighted by Gasteiger charge is 2.12. The number of benzene rings is 1. The van der Waals surface area contributed by atoms with Crippen LogP contribution in [0.25, 0.3) is 22.2 Å². The smallest absolute Gasteiger partial charge is 0.260 e. The van der Waals surface area contributed by atoms with Gasteiger partial charge in [0, 0.05) is 41.8 Å². The van der Waals surface area contributed by atoms with E-state index >= 15 is 0 Å². The van der Waals surface area contributed by atoms with E-state index < -0.39 is 0 Å². The molecule has 0 saturated carbocycles. The van der Waals surface area contributed by atoms with Crippen molar-refractivity contribution in [2.24, 2.45) is 0 Å². The van der Waals surface area contributed by atoms with E-state index in [1.807, 2.05) is 55.5 Å². The molecule has 4 rings (SSSR count). The number of fused-ring (bicyclic) bond motifs is 1. The van der Waals surface area contributed by atoms with Gasteiger partial charge in [-0.15, -0.1) is 0 Å². The molecule has 0 unspecified atom stereocenters. The first-order chi connectivity index (χ1) is 12.8. The molecule has 0 fully saturated rings. The lowest BCUT2D eigenvalue weighted by molar-refractivity contribution is 0.751. The summed E-state index contributed by atoms with van der Waals surface area (Å²) < 4.78 is 1.67. The van der Waals surface area contributed by atoms with Crippen molar-refractivity contribution in [3.05, 3.63) is 77.5 Å². The molecule has 1 aromatic carbocycles. The van der Waals surface area contributed by atoms with Crippen LogP contribution in [0.1, 0.15) is 6.92 Å². The van der Waals surface area contributed by atoms with Crippen LogP contribution < -0.4 is 10.9 Å². The zero-order chi connectivity index (χ0) is 17.9. The molecular formula is C20H17N5O. The molecule has 6 heteroatoms. The molecule has 26 heavy (non-hydrogen) atoms. The highest BCUT2D eigenvalue weighted by Crippen LogP contribution is 2.21. The number of rotatable bonds is 4. The summed E-state index contributed by atoms with van der Waals surface area (Å²) in [5, 5.41) is 3.98. The first kappa shape index (κ1) is 16.0. The maximum Gasteiger partial charge on any atom is 0.260 e. The average Bonchev–Trinajstić information content (AvgIpc) is 2.69. The number of nitrogens with zero attached hydrogens (tertiary/aromatic N) is 4. The summed E-state index contributed by atoms with van der Waals surface area (Å²) in [5.74, 6) is 0.460. The molecule has 3 aromatic heterocycles. The molecule has 0 saturated heterocycles. The molecule has 0 aliphatic carbocycles. The van der Waals surface area contributed by atoms with Crippen LogP contribution in [-0.2, 0) is 6.54 Å². The fraction of sp³-hybridized carbons (Fsp3) is 0.100. The van der Waals surface area contributed by atoms with Gasteiger partial charge in [0.2, 0.25) is 5.95 Å². The van der Waals surface area contributed by atoms with Gasteiger partial charge in [-0.2, -0.15) is 4.98 Å². The Labute approximate surface area is 150 Å². The minimum Gasteiger partial charge on any atom is -0.324 e. The van der Waals surface area contributed by atoms with E-state index in [1.54, 1.807) is 23.2 Å². The van der Waals surface area contributed by atoms with Crippen LogP contribution in [0.5, 0.6) is 0 Å². The molecule has 0 atom stereocenters.